The van der Waals surface area contributed by atoms with Crippen molar-refractivity contribution in [2.45, 2.75) is 39.4 Å². The molecule has 0 bridgehead atoms. The smallest absolute Gasteiger partial charge is 0.307 e. The van der Waals surface area contributed by atoms with Crippen LogP contribution < -0.4 is 10.5 Å². The molecule has 1 heterocycles. The van der Waals surface area contributed by atoms with Crippen molar-refractivity contribution < 1.29 is 28.9 Å². The maximum absolute atomic E-state index is 11.2. The van der Waals surface area contributed by atoms with Crippen molar-refractivity contribution in [2.75, 3.05) is 0 Å². The van der Waals surface area contributed by atoms with Gasteiger partial charge in [-0.3, -0.25) is 4.79 Å². The fourth-order valence-electron chi connectivity index (χ4n) is 3.82. The SMILES string of the molecule is CC(O)OCc1cc2cc(COc3ccccc3CC(=O)O)cc(-c3cccc(CN)c3)c2o1. The molecule has 0 saturated heterocycles. The van der Waals surface area contributed by atoms with Crippen molar-refractivity contribution >= 4 is 16.9 Å². The molecular formula is C27H27NO6. The summed E-state index contributed by atoms with van der Waals surface area (Å²) in [6.07, 6.45) is -1.01. The molecule has 3 aromatic carbocycles. The maximum atomic E-state index is 11.2. The van der Waals surface area contributed by atoms with Crippen molar-refractivity contribution in [1.82, 2.24) is 0 Å². The number of benzene rings is 3. The quantitative estimate of drug-likeness (QED) is 0.295. The normalized spacial score (nSPS) is 12.1. The second-order valence-corrected chi connectivity index (χ2v) is 8.06. The predicted molar refractivity (Wildman–Crippen MR) is 128 cm³/mol. The van der Waals surface area contributed by atoms with Crippen LogP contribution in [0.15, 0.2) is 71.1 Å². The van der Waals surface area contributed by atoms with Gasteiger partial charge in [0.05, 0.1) is 6.42 Å². The Morgan fingerprint density at radius 3 is 2.62 bits per heavy atom. The standard InChI is InChI=1S/C27H27NO6/c1-17(29)32-16-23-12-22-10-19(15-33-25-8-3-2-6-21(25)13-26(30)31)11-24(27(22)34-23)20-7-4-5-18(9-20)14-28/h2-12,17,29H,13-16,28H2,1H3,(H,30,31). The van der Waals surface area contributed by atoms with Crippen LogP contribution in [0.4, 0.5) is 0 Å². The number of hydrogen-bond acceptors (Lipinski definition) is 6. The van der Waals surface area contributed by atoms with Gasteiger partial charge in [-0.2, -0.15) is 0 Å². The fraction of sp³-hybridized carbons (Fsp3) is 0.222. The van der Waals surface area contributed by atoms with E-state index in [2.05, 4.69) is 0 Å². The number of ether oxygens (including phenoxy) is 2. The molecule has 7 heteroatoms. The molecule has 4 N–H and O–H groups in total. The molecule has 0 fully saturated rings. The molecule has 0 aliphatic carbocycles. The monoisotopic (exact) mass is 461 g/mol. The zero-order valence-corrected chi connectivity index (χ0v) is 18.9. The molecule has 0 aliphatic heterocycles. The number of para-hydroxylation sites is 1. The van der Waals surface area contributed by atoms with Crippen molar-refractivity contribution in [3.8, 4) is 16.9 Å². The topological polar surface area (TPSA) is 115 Å². The van der Waals surface area contributed by atoms with Crippen molar-refractivity contribution in [3.63, 3.8) is 0 Å². The number of aliphatic carboxylic acids is 1. The Kier molecular flexibility index (Phi) is 7.27. The number of hydrogen-bond donors (Lipinski definition) is 3. The molecule has 4 rings (SSSR count). The lowest BCUT2D eigenvalue weighted by Crippen LogP contribution is -2.05. The van der Waals surface area contributed by atoms with E-state index in [0.29, 0.717) is 29.2 Å². The number of aliphatic hydroxyl groups excluding tert-OH is 1. The summed E-state index contributed by atoms with van der Waals surface area (Å²) in [6.45, 7) is 2.36. The van der Waals surface area contributed by atoms with Crippen LogP contribution in [-0.4, -0.2) is 22.5 Å². The summed E-state index contributed by atoms with van der Waals surface area (Å²) in [7, 11) is 0. The van der Waals surface area contributed by atoms with Gasteiger partial charge in [0.1, 0.15) is 30.3 Å². The molecule has 0 spiro atoms. The molecule has 176 valence electrons. The first-order chi connectivity index (χ1) is 16.4. The first-order valence-electron chi connectivity index (χ1n) is 11.0. The van der Waals surface area contributed by atoms with Crippen LogP contribution in [0.25, 0.3) is 22.1 Å². The highest BCUT2D eigenvalue weighted by molar-refractivity contribution is 5.93. The molecule has 4 aromatic rings. The molecule has 1 aromatic heterocycles. The van der Waals surface area contributed by atoms with Gasteiger partial charge in [-0.25, -0.2) is 0 Å². The molecule has 0 radical (unpaired) electrons. The predicted octanol–water partition coefficient (Wildman–Crippen LogP) is 4.62. The van der Waals surface area contributed by atoms with Crippen LogP contribution in [0.3, 0.4) is 0 Å². The minimum Gasteiger partial charge on any atom is -0.489 e. The molecule has 0 saturated carbocycles. The highest BCUT2D eigenvalue weighted by Crippen LogP contribution is 2.34. The molecular weight excluding hydrogens is 434 g/mol. The van der Waals surface area contributed by atoms with Gasteiger partial charge in [-0.05, 0) is 53.9 Å². The first kappa shape index (κ1) is 23.5. The van der Waals surface area contributed by atoms with Gasteiger partial charge in [0.15, 0.2) is 6.29 Å². The number of carbonyl (C=O) groups is 1. The zero-order valence-electron chi connectivity index (χ0n) is 18.9. The van der Waals surface area contributed by atoms with E-state index in [1.165, 1.54) is 0 Å². The molecule has 0 amide bonds. The minimum atomic E-state index is -0.912. The number of aliphatic hydroxyl groups is 1. The van der Waals surface area contributed by atoms with Gasteiger partial charge in [0.2, 0.25) is 0 Å². The summed E-state index contributed by atoms with van der Waals surface area (Å²) in [6, 6.07) is 20.9. The van der Waals surface area contributed by atoms with E-state index in [1.807, 2.05) is 48.5 Å². The summed E-state index contributed by atoms with van der Waals surface area (Å²) < 4.78 is 17.4. The van der Waals surface area contributed by atoms with E-state index in [1.54, 1.807) is 25.1 Å². The average molecular weight is 462 g/mol. The minimum absolute atomic E-state index is 0.110. The molecule has 1 unspecified atom stereocenters. The molecule has 0 aliphatic rings. The highest BCUT2D eigenvalue weighted by atomic mass is 16.6. The van der Waals surface area contributed by atoms with Gasteiger partial charge in [-0.15, -0.1) is 0 Å². The summed E-state index contributed by atoms with van der Waals surface area (Å²) in [5.41, 5.74) is 10.9. The average Bonchev–Trinajstić information content (AvgIpc) is 3.24. The van der Waals surface area contributed by atoms with E-state index >= 15 is 0 Å². The van der Waals surface area contributed by atoms with Crippen LogP contribution in [0.5, 0.6) is 5.75 Å². The lowest BCUT2D eigenvalue weighted by atomic mass is 9.99. The van der Waals surface area contributed by atoms with E-state index in [-0.39, 0.29) is 19.6 Å². The lowest BCUT2D eigenvalue weighted by Gasteiger charge is -2.12. The van der Waals surface area contributed by atoms with Crippen LogP contribution in [-0.2, 0) is 35.7 Å². The van der Waals surface area contributed by atoms with Gasteiger partial charge < -0.3 is 29.8 Å². The number of furan rings is 1. The third-order valence-corrected chi connectivity index (χ3v) is 5.38. The summed E-state index contributed by atoms with van der Waals surface area (Å²) in [5, 5.41) is 19.5. The van der Waals surface area contributed by atoms with Gasteiger partial charge in [-0.1, -0.05) is 36.4 Å². The number of nitrogens with two attached hydrogens (primary N) is 1. The second-order valence-electron chi connectivity index (χ2n) is 8.06. The molecule has 7 nitrogen and oxygen atoms in total. The largest absolute Gasteiger partial charge is 0.489 e. The summed E-state index contributed by atoms with van der Waals surface area (Å²) in [5.74, 6) is 0.219. The van der Waals surface area contributed by atoms with Gasteiger partial charge in [0, 0.05) is 23.1 Å². The Morgan fingerprint density at radius 1 is 1.03 bits per heavy atom. The number of fused-ring (bicyclic) bond motifs is 1. The molecule has 1 atom stereocenters. The molecule has 34 heavy (non-hydrogen) atoms. The third kappa shape index (κ3) is 5.63. The van der Waals surface area contributed by atoms with Crippen molar-refractivity contribution in [3.05, 3.63) is 89.2 Å². The Bertz CT molecular complexity index is 1290. The third-order valence-electron chi connectivity index (χ3n) is 5.38. The first-order valence-corrected chi connectivity index (χ1v) is 11.0. The van der Waals surface area contributed by atoms with Crippen LogP contribution in [0, 0.1) is 0 Å². The van der Waals surface area contributed by atoms with E-state index in [9.17, 15) is 15.0 Å². The number of carboxylic acids is 1. The number of carboxylic acid groups (broad SMARTS) is 1. The summed E-state index contributed by atoms with van der Waals surface area (Å²) in [4.78, 5) is 11.2. The lowest BCUT2D eigenvalue weighted by molar-refractivity contribution is -0.136. The highest BCUT2D eigenvalue weighted by Gasteiger charge is 2.15. The van der Waals surface area contributed by atoms with E-state index in [4.69, 9.17) is 19.6 Å². The Morgan fingerprint density at radius 2 is 1.85 bits per heavy atom. The van der Waals surface area contributed by atoms with E-state index < -0.39 is 12.3 Å². The maximum Gasteiger partial charge on any atom is 0.307 e. The van der Waals surface area contributed by atoms with Crippen LogP contribution in [0.2, 0.25) is 0 Å². The van der Waals surface area contributed by atoms with Crippen LogP contribution in [0.1, 0.15) is 29.4 Å². The number of rotatable bonds is 10. The fourth-order valence-corrected chi connectivity index (χ4v) is 3.82. The Hall–Kier alpha value is -3.65. The van der Waals surface area contributed by atoms with E-state index in [0.717, 1.165) is 27.6 Å². The van der Waals surface area contributed by atoms with Gasteiger partial charge >= 0.3 is 5.97 Å². The zero-order chi connectivity index (χ0) is 24.1. The second kappa shape index (κ2) is 10.5. The van der Waals surface area contributed by atoms with Crippen LogP contribution >= 0.6 is 0 Å². The Labute approximate surface area is 197 Å². The summed E-state index contributed by atoms with van der Waals surface area (Å²) >= 11 is 0. The van der Waals surface area contributed by atoms with Gasteiger partial charge in [0.25, 0.3) is 0 Å². The van der Waals surface area contributed by atoms with Crippen molar-refractivity contribution in [1.29, 1.82) is 0 Å². The Balaban J connectivity index is 1.70. The van der Waals surface area contributed by atoms with Crippen molar-refractivity contribution in [2.24, 2.45) is 5.73 Å².